The van der Waals surface area contributed by atoms with E-state index in [0.717, 1.165) is 18.8 Å². The van der Waals surface area contributed by atoms with Crippen molar-refractivity contribution in [1.29, 1.82) is 0 Å². The van der Waals surface area contributed by atoms with Crippen LogP contribution in [-0.4, -0.2) is 28.5 Å². The highest BCUT2D eigenvalue weighted by molar-refractivity contribution is 6.33. The average Bonchev–Trinajstić information content (AvgIpc) is 2.63. The fourth-order valence-corrected chi connectivity index (χ4v) is 3.25. The van der Waals surface area contributed by atoms with E-state index in [2.05, 4.69) is 27.1 Å². The summed E-state index contributed by atoms with van der Waals surface area (Å²) in [6.45, 7) is 3.19. The minimum absolute atomic E-state index is 0.281. The van der Waals surface area contributed by atoms with E-state index in [0.29, 0.717) is 16.8 Å². The molecular weight excluding hydrogens is 324 g/mol. The largest absolute Gasteiger partial charge is 0.352 e. The van der Waals surface area contributed by atoms with Crippen LogP contribution in [0.1, 0.15) is 43.1 Å². The Morgan fingerprint density at radius 1 is 1.29 bits per heavy atom. The first-order valence-corrected chi connectivity index (χ1v) is 8.71. The smallest absolute Gasteiger partial charge is 0.275 e. The predicted octanol–water partition coefficient (Wildman–Crippen LogP) is 4.15. The Labute approximate surface area is 147 Å². The molecule has 1 aromatic carbocycles. The molecule has 1 fully saturated rings. The Morgan fingerprint density at radius 2 is 2.12 bits per heavy atom. The van der Waals surface area contributed by atoms with Crippen molar-refractivity contribution in [1.82, 2.24) is 9.97 Å². The molecule has 0 bridgehead atoms. The molecule has 1 amide bonds. The summed E-state index contributed by atoms with van der Waals surface area (Å²) in [6.07, 6.45) is 7.94. The molecule has 1 saturated heterocycles. The van der Waals surface area contributed by atoms with Gasteiger partial charge in [0.15, 0.2) is 0 Å². The average molecular weight is 345 g/mol. The van der Waals surface area contributed by atoms with E-state index in [4.69, 9.17) is 11.6 Å². The number of carbonyl (C=O) groups excluding carboxylic acids is 1. The zero-order valence-corrected chi connectivity index (χ0v) is 14.5. The number of para-hydroxylation sites is 1. The molecular formula is C18H21ClN4O. The zero-order chi connectivity index (χ0) is 16.9. The molecule has 1 aliphatic rings. The Bertz CT molecular complexity index is 704. The van der Waals surface area contributed by atoms with E-state index in [-0.39, 0.29) is 11.6 Å². The third-order valence-corrected chi connectivity index (χ3v) is 4.72. The molecule has 0 spiro atoms. The van der Waals surface area contributed by atoms with Gasteiger partial charge < -0.3 is 10.2 Å². The van der Waals surface area contributed by atoms with Gasteiger partial charge in [0.2, 0.25) is 0 Å². The van der Waals surface area contributed by atoms with E-state index in [9.17, 15) is 4.79 Å². The van der Waals surface area contributed by atoms with Gasteiger partial charge >= 0.3 is 0 Å². The minimum Gasteiger partial charge on any atom is -0.352 e. The quantitative estimate of drug-likeness (QED) is 0.905. The van der Waals surface area contributed by atoms with Crippen LogP contribution in [0.5, 0.6) is 0 Å². The number of amides is 1. The summed E-state index contributed by atoms with van der Waals surface area (Å²) < 4.78 is 0. The first-order chi connectivity index (χ1) is 11.7. The van der Waals surface area contributed by atoms with E-state index in [1.165, 1.54) is 25.5 Å². The van der Waals surface area contributed by atoms with Gasteiger partial charge in [-0.1, -0.05) is 30.7 Å². The molecule has 2 heterocycles. The second kappa shape index (κ2) is 7.62. The number of anilines is 2. The molecule has 1 N–H and O–H groups in total. The van der Waals surface area contributed by atoms with Crippen LogP contribution in [0.3, 0.4) is 0 Å². The summed E-state index contributed by atoms with van der Waals surface area (Å²) in [5.74, 6) is 0.531. The van der Waals surface area contributed by atoms with Gasteiger partial charge in [0.05, 0.1) is 23.1 Å². The van der Waals surface area contributed by atoms with E-state index in [1.54, 1.807) is 18.3 Å². The zero-order valence-electron chi connectivity index (χ0n) is 13.7. The topological polar surface area (TPSA) is 58.1 Å². The van der Waals surface area contributed by atoms with Crippen LogP contribution in [0.2, 0.25) is 5.02 Å². The van der Waals surface area contributed by atoms with Crippen molar-refractivity contribution in [3.63, 3.8) is 0 Å². The van der Waals surface area contributed by atoms with Crippen molar-refractivity contribution in [2.45, 2.75) is 38.6 Å². The first kappa shape index (κ1) is 16.7. The second-order valence-electron chi connectivity index (χ2n) is 5.95. The Balaban J connectivity index is 1.72. The maximum atomic E-state index is 12.3. The van der Waals surface area contributed by atoms with Gasteiger partial charge in [-0.3, -0.25) is 4.79 Å². The van der Waals surface area contributed by atoms with Crippen LogP contribution < -0.4 is 10.2 Å². The summed E-state index contributed by atoms with van der Waals surface area (Å²) >= 11 is 6.06. The number of aromatic nitrogens is 2. The predicted molar refractivity (Wildman–Crippen MR) is 96.7 cm³/mol. The number of nitrogens with one attached hydrogen (secondary N) is 1. The van der Waals surface area contributed by atoms with Crippen LogP contribution in [-0.2, 0) is 0 Å². The van der Waals surface area contributed by atoms with Crippen LogP contribution in [0, 0.1) is 0 Å². The van der Waals surface area contributed by atoms with Gasteiger partial charge in [0.1, 0.15) is 11.5 Å². The highest BCUT2D eigenvalue weighted by Gasteiger charge is 2.22. The number of carbonyl (C=O) groups is 1. The second-order valence-corrected chi connectivity index (χ2v) is 6.35. The fourth-order valence-electron chi connectivity index (χ4n) is 3.06. The van der Waals surface area contributed by atoms with E-state index < -0.39 is 0 Å². The highest BCUT2D eigenvalue weighted by atomic mass is 35.5. The number of hydrogen-bond acceptors (Lipinski definition) is 4. The fraction of sp³-hybridized carbons (Fsp3) is 0.389. The lowest BCUT2D eigenvalue weighted by molar-refractivity contribution is 0.102. The number of benzene rings is 1. The van der Waals surface area contributed by atoms with Gasteiger partial charge in [0.25, 0.3) is 5.91 Å². The SMILES string of the molecule is CCC1CCCCN1c1cnc(C(=O)Nc2ccccc2Cl)cn1. The number of halogens is 1. The molecule has 126 valence electrons. The Kier molecular flexibility index (Phi) is 5.30. The maximum absolute atomic E-state index is 12.3. The lowest BCUT2D eigenvalue weighted by atomic mass is 10.0. The number of hydrogen-bond donors (Lipinski definition) is 1. The molecule has 1 atom stereocenters. The third kappa shape index (κ3) is 3.67. The number of rotatable bonds is 4. The molecule has 6 heteroatoms. The lowest BCUT2D eigenvalue weighted by Gasteiger charge is -2.35. The van der Waals surface area contributed by atoms with Crippen molar-refractivity contribution in [2.75, 3.05) is 16.8 Å². The molecule has 24 heavy (non-hydrogen) atoms. The summed E-state index contributed by atoms with van der Waals surface area (Å²) in [4.78, 5) is 23.3. The molecule has 0 saturated carbocycles. The monoisotopic (exact) mass is 344 g/mol. The van der Waals surface area contributed by atoms with Gasteiger partial charge in [-0.2, -0.15) is 0 Å². The maximum Gasteiger partial charge on any atom is 0.275 e. The lowest BCUT2D eigenvalue weighted by Crippen LogP contribution is -2.39. The van der Waals surface area contributed by atoms with Gasteiger partial charge in [-0.15, -0.1) is 0 Å². The van der Waals surface area contributed by atoms with Crippen LogP contribution in [0.15, 0.2) is 36.7 Å². The van der Waals surface area contributed by atoms with Crippen molar-refractivity contribution < 1.29 is 4.79 Å². The summed E-state index contributed by atoms with van der Waals surface area (Å²) in [5, 5.41) is 3.25. The standard InChI is InChI=1S/C18H21ClN4O/c1-2-13-7-5-6-10-23(13)17-12-20-16(11-21-17)18(24)22-15-9-4-3-8-14(15)19/h3-4,8-9,11-13H,2,5-7,10H2,1H3,(H,22,24). The molecule has 3 rings (SSSR count). The molecule has 1 aliphatic heterocycles. The molecule has 1 unspecified atom stereocenters. The van der Waals surface area contributed by atoms with Crippen LogP contribution in [0.25, 0.3) is 0 Å². The summed E-state index contributed by atoms with van der Waals surface area (Å²) in [7, 11) is 0. The molecule has 1 aromatic heterocycles. The molecule has 2 aromatic rings. The van der Waals surface area contributed by atoms with Crippen LogP contribution >= 0.6 is 11.6 Å². The molecule has 5 nitrogen and oxygen atoms in total. The van der Waals surface area contributed by atoms with E-state index >= 15 is 0 Å². The normalized spacial score (nSPS) is 17.6. The number of nitrogens with zero attached hydrogens (tertiary/aromatic N) is 3. The number of piperidine rings is 1. The first-order valence-electron chi connectivity index (χ1n) is 8.33. The van der Waals surface area contributed by atoms with Gasteiger partial charge in [-0.05, 0) is 37.8 Å². The van der Waals surface area contributed by atoms with Crippen LogP contribution in [0.4, 0.5) is 11.5 Å². The Morgan fingerprint density at radius 3 is 2.83 bits per heavy atom. The molecule has 0 aliphatic carbocycles. The van der Waals surface area contributed by atoms with E-state index in [1.807, 2.05) is 12.1 Å². The Hall–Kier alpha value is -2.14. The highest BCUT2D eigenvalue weighted by Crippen LogP contribution is 2.25. The summed E-state index contributed by atoms with van der Waals surface area (Å²) in [5.41, 5.74) is 0.848. The minimum atomic E-state index is -0.312. The van der Waals surface area contributed by atoms with Crippen molar-refractivity contribution in [3.05, 3.63) is 47.4 Å². The van der Waals surface area contributed by atoms with Gasteiger partial charge in [0, 0.05) is 12.6 Å². The van der Waals surface area contributed by atoms with Crippen molar-refractivity contribution in [3.8, 4) is 0 Å². The van der Waals surface area contributed by atoms with Crippen molar-refractivity contribution >= 4 is 29.0 Å². The molecule has 0 radical (unpaired) electrons. The summed E-state index contributed by atoms with van der Waals surface area (Å²) in [6, 6.07) is 7.62. The van der Waals surface area contributed by atoms with Crippen molar-refractivity contribution in [2.24, 2.45) is 0 Å². The third-order valence-electron chi connectivity index (χ3n) is 4.39. The van der Waals surface area contributed by atoms with Gasteiger partial charge in [-0.25, -0.2) is 9.97 Å².